The number of non-ortho nitro benzene ring substituents is 1. The van der Waals surface area contributed by atoms with E-state index in [0.29, 0.717) is 0 Å². The summed E-state index contributed by atoms with van der Waals surface area (Å²) in [7, 11) is 0. The summed E-state index contributed by atoms with van der Waals surface area (Å²) in [6.07, 6.45) is 0.893. The summed E-state index contributed by atoms with van der Waals surface area (Å²) >= 11 is 0. The third kappa shape index (κ3) is 4.31. The standard InChI is InChI=1S/C24H20N2O5/c27-22(16-31-24(28)19-10-12-20(13-11-19)26(29)30)23(18-7-2-1-3-8-18)25-15-14-17-6-4-5-9-21(17)25/h1-15,22-23,27H,16H2. The highest BCUT2D eigenvalue weighted by Crippen LogP contribution is 2.28. The molecule has 4 rings (SSSR count). The van der Waals surface area contributed by atoms with Crippen molar-refractivity contribution in [1.29, 1.82) is 0 Å². The molecule has 1 aromatic heterocycles. The molecule has 2 atom stereocenters. The van der Waals surface area contributed by atoms with Gasteiger partial charge in [0.25, 0.3) is 5.69 Å². The zero-order valence-electron chi connectivity index (χ0n) is 16.5. The highest BCUT2D eigenvalue weighted by molar-refractivity contribution is 5.89. The molecule has 0 radical (unpaired) electrons. The van der Waals surface area contributed by atoms with E-state index in [-0.39, 0.29) is 17.9 Å². The molecule has 0 saturated heterocycles. The molecular formula is C24H20N2O5. The van der Waals surface area contributed by atoms with E-state index < -0.39 is 23.0 Å². The lowest BCUT2D eigenvalue weighted by Gasteiger charge is -2.26. The normalized spacial score (nSPS) is 12.9. The molecule has 3 aromatic carbocycles. The number of nitrogens with zero attached hydrogens (tertiary/aromatic N) is 2. The summed E-state index contributed by atoms with van der Waals surface area (Å²) in [4.78, 5) is 22.6. The third-order valence-electron chi connectivity index (χ3n) is 5.13. The van der Waals surface area contributed by atoms with Crippen molar-refractivity contribution in [1.82, 2.24) is 4.57 Å². The minimum absolute atomic E-state index is 0.111. The number of fused-ring (bicyclic) bond motifs is 1. The van der Waals surface area contributed by atoms with Crippen molar-refractivity contribution in [2.24, 2.45) is 0 Å². The van der Waals surface area contributed by atoms with Gasteiger partial charge in [-0.05, 0) is 35.2 Å². The van der Waals surface area contributed by atoms with Gasteiger partial charge in [0.2, 0.25) is 0 Å². The Morgan fingerprint density at radius 2 is 1.65 bits per heavy atom. The molecule has 2 unspecified atom stereocenters. The second-order valence-corrected chi connectivity index (χ2v) is 7.11. The van der Waals surface area contributed by atoms with Gasteiger partial charge in [-0.3, -0.25) is 10.1 Å². The second kappa shape index (κ2) is 8.81. The molecule has 31 heavy (non-hydrogen) atoms. The number of nitro groups is 1. The molecule has 0 saturated carbocycles. The van der Waals surface area contributed by atoms with Crippen LogP contribution >= 0.6 is 0 Å². The smallest absolute Gasteiger partial charge is 0.338 e. The summed E-state index contributed by atoms with van der Waals surface area (Å²) in [6.45, 7) is -0.234. The molecule has 0 aliphatic rings. The molecule has 0 amide bonds. The molecule has 0 aliphatic heterocycles. The number of esters is 1. The SMILES string of the molecule is O=C(OCC(O)C(c1ccccc1)n1ccc2ccccc21)c1ccc([N+](=O)[O-])cc1. The molecule has 0 fully saturated rings. The monoisotopic (exact) mass is 416 g/mol. The molecule has 7 heteroatoms. The summed E-state index contributed by atoms with van der Waals surface area (Å²) in [6, 6.07) is 24.0. The van der Waals surface area contributed by atoms with Gasteiger partial charge in [-0.2, -0.15) is 0 Å². The van der Waals surface area contributed by atoms with Gasteiger partial charge in [0.05, 0.1) is 16.5 Å². The average Bonchev–Trinajstić information content (AvgIpc) is 3.22. The highest BCUT2D eigenvalue weighted by Gasteiger charge is 2.25. The van der Waals surface area contributed by atoms with E-state index in [9.17, 15) is 20.0 Å². The van der Waals surface area contributed by atoms with Gasteiger partial charge in [-0.1, -0.05) is 48.5 Å². The molecule has 0 bridgehead atoms. The minimum Gasteiger partial charge on any atom is -0.459 e. The van der Waals surface area contributed by atoms with E-state index in [1.807, 2.05) is 71.4 Å². The Morgan fingerprint density at radius 3 is 2.35 bits per heavy atom. The van der Waals surface area contributed by atoms with Gasteiger partial charge in [0, 0.05) is 23.8 Å². The predicted octanol–water partition coefficient (Wildman–Crippen LogP) is 4.36. The second-order valence-electron chi connectivity index (χ2n) is 7.11. The van der Waals surface area contributed by atoms with Crippen LogP contribution in [0.3, 0.4) is 0 Å². The topological polar surface area (TPSA) is 94.6 Å². The molecule has 156 valence electrons. The van der Waals surface area contributed by atoms with Crippen LogP contribution in [0.4, 0.5) is 5.69 Å². The summed E-state index contributed by atoms with van der Waals surface area (Å²) < 4.78 is 7.30. The van der Waals surface area contributed by atoms with Crippen molar-refractivity contribution in [3.05, 3.63) is 112 Å². The molecule has 1 heterocycles. The van der Waals surface area contributed by atoms with Crippen molar-refractivity contribution in [3.8, 4) is 0 Å². The Kier molecular flexibility index (Phi) is 5.77. The molecule has 1 N–H and O–H groups in total. The Hall–Kier alpha value is -3.97. The van der Waals surface area contributed by atoms with E-state index in [4.69, 9.17) is 4.74 Å². The van der Waals surface area contributed by atoms with Crippen LogP contribution in [0.5, 0.6) is 0 Å². The lowest BCUT2D eigenvalue weighted by Crippen LogP contribution is -2.30. The van der Waals surface area contributed by atoms with Crippen LogP contribution in [-0.4, -0.2) is 33.3 Å². The zero-order valence-corrected chi connectivity index (χ0v) is 16.5. The van der Waals surface area contributed by atoms with Crippen molar-refractivity contribution in [2.75, 3.05) is 6.61 Å². The molecule has 0 spiro atoms. The van der Waals surface area contributed by atoms with Crippen LogP contribution in [-0.2, 0) is 4.74 Å². The van der Waals surface area contributed by atoms with Crippen LogP contribution in [0.1, 0.15) is 22.0 Å². The van der Waals surface area contributed by atoms with E-state index in [2.05, 4.69) is 0 Å². The number of hydrogen-bond donors (Lipinski definition) is 1. The fourth-order valence-electron chi connectivity index (χ4n) is 3.62. The first kappa shape index (κ1) is 20.3. The van der Waals surface area contributed by atoms with Gasteiger partial charge < -0.3 is 14.4 Å². The quantitative estimate of drug-likeness (QED) is 0.274. The fraction of sp³-hybridized carbons (Fsp3) is 0.125. The van der Waals surface area contributed by atoms with Crippen molar-refractivity contribution >= 4 is 22.6 Å². The number of aromatic nitrogens is 1. The van der Waals surface area contributed by atoms with Gasteiger partial charge in [0.15, 0.2) is 0 Å². The zero-order chi connectivity index (χ0) is 21.8. The first-order valence-corrected chi connectivity index (χ1v) is 9.75. The minimum atomic E-state index is -1.01. The average molecular weight is 416 g/mol. The lowest BCUT2D eigenvalue weighted by molar-refractivity contribution is -0.384. The Balaban J connectivity index is 1.56. The Bertz CT molecular complexity index is 1200. The molecular weight excluding hydrogens is 396 g/mol. The number of hydrogen-bond acceptors (Lipinski definition) is 5. The van der Waals surface area contributed by atoms with Crippen molar-refractivity contribution in [3.63, 3.8) is 0 Å². The van der Waals surface area contributed by atoms with Crippen molar-refractivity contribution in [2.45, 2.75) is 12.1 Å². The molecule has 0 aliphatic carbocycles. The maximum atomic E-state index is 12.4. The number of aliphatic hydroxyl groups is 1. The lowest BCUT2D eigenvalue weighted by atomic mass is 10.0. The number of rotatable bonds is 7. The van der Waals surface area contributed by atoms with E-state index in [1.165, 1.54) is 24.3 Å². The fourth-order valence-corrected chi connectivity index (χ4v) is 3.62. The van der Waals surface area contributed by atoms with Crippen LogP contribution in [0, 0.1) is 10.1 Å². The number of carbonyl (C=O) groups is 1. The molecule has 7 nitrogen and oxygen atoms in total. The summed E-state index contributed by atoms with van der Waals surface area (Å²) in [5.41, 5.74) is 1.90. The Labute approximate surface area is 178 Å². The number of nitro benzene ring substituents is 1. The largest absolute Gasteiger partial charge is 0.459 e. The summed E-state index contributed by atoms with van der Waals surface area (Å²) in [5.74, 6) is -0.655. The van der Waals surface area contributed by atoms with Crippen LogP contribution in [0.2, 0.25) is 0 Å². The number of ether oxygens (including phenoxy) is 1. The summed E-state index contributed by atoms with van der Waals surface area (Å²) in [5, 5.41) is 22.8. The number of benzene rings is 3. The van der Waals surface area contributed by atoms with E-state index in [1.54, 1.807) is 0 Å². The van der Waals surface area contributed by atoms with E-state index in [0.717, 1.165) is 16.5 Å². The van der Waals surface area contributed by atoms with Gasteiger partial charge >= 0.3 is 5.97 Å². The third-order valence-corrected chi connectivity index (χ3v) is 5.13. The maximum absolute atomic E-state index is 12.4. The number of para-hydroxylation sites is 1. The van der Waals surface area contributed by atoms with Crippen LogP contribution < -0.4 is 0 Å². The number of aliphatic hydroxyl groups excluding tert-OH is 1. The Morgan fingerprint density at radius 1 is 0.968 bits per heavy atom. The van der Waals surface area contributed by atoms with Gasteiger partial charge in [0.1, 0.15) is 12.7 Å². The predicted molar refractivity (Wildman–Crippen MR) is 116 cm³/mol. The van der Waals surface area contributed by atoms with Crippen molar-refractivity contribution < 1.29 is 19.6 Å². The first-order chi connectivity index (χ1) is 15.0. The number of carbonyl (C=O) groups excluding carboxylic acids is 1. The molecule has 4 aromatic rings. The van der Waals surface area contributed by atoms with Crippen LogP contribution in [0.25, 0.3) is 10.9 Å². The maximum Gasteiger partial charge on any atom is 0.338 e. The van der Waals surface area contributed by atoms with Crippen LogP contribution in [0.15, 0.2) is 91.1 Å². The van der Waals surface area contributed by atoms with E-state index >= 15 is 0 Å². The van der Waals surface area contributed by atoms with Gasteiger partial charge in [-0.25, -0.2) is 4.79 Å². The highest BCUT2D eigenvalue weighted by atomic mass is 16.6. The first-order valence-electron chi connectivity index (χ1n) is 9.75. The van der Waals surface area contributed by atoms with Gasteiger partial charge in [-0.15, -0.1) is 0 Å².